The number of nitrogens with one attached hydrogen (secondary N) is 3. The van der Waals surface area contributed by atoms with Crippen LogP contribution in [-0.2, 0) is 14.3 Å². The average Bonchev–Trinajstić information content (AvgIpc) is 3.16. The number of carbonyl (C=O) groups is 3. The van der Waals surface area contributed by atoms with Crippen LogP contribution in [0.5, 0.6) is 0 Å². The van der Waals surface area contributed by atoms with Crippen molar-refractivity contribution in [2.24, 2.45) is 0 Å². The normalized spacial score (nSPS) is 17.2. The van der Waals surface area contributed by atoms with E-state index in [0.29, 0.717) is 29.8 Å². The lowest BCUT2D eigenvalue weighted by Crippen LogP contribution is -2.37. The van der Waals surface area contributed by atoms with Crippen LogP contribution in [0.25, 0.3) is 0 Å². The Balaban J connectivity index is 1.85. The van der Waals surface area contributed by atoms with Crippen LogP contribution >= 0.6 is 0 Å². The highest BCUT2D eigenvalue weighted by Crippen LogP contribution is 2.17. The number of ether oxygens (including phenoxy) is 1. The third kappa shape index (κ3) is 6.36. The van der Waals surface area contributed by atoms with Crippen LogP contribution in [0.15, 0.2) is 18.2 Å². The lowest BCUT2D eigenvalue weighted by molar-refractivity contribution is -0.136. The minimum atomic E-state index is -0.720. The number of amides is 3. The molecule has 27 heavy (non-hydrogen) atoms. The second-order valence-electron chi connectivity index (χ2n) is 6.95. The summed E-state index contributed by atoms with van der Waals surface area (Å²) < 4.78 is 5.48. The molecule has 0 aromatic heterocycles. The SMILES string of the molecule is CCC(C)NC(=O)c1ccc(NC(=O)C(=O)NCCC2CCCO2)c(C)c1. The molecule has 0 spiro atoms. The first-order valence-electron chi connectivity index (χ1n) is 9.53. The van der Waals surface area contributed by atoms with E-state index in [1.165, 1.54) is 0 Å². The van der Waals surface area contributed by atoms with E-state index in [2.05, 4.69) is 16.0 Å². The van der Waals surface area contributed by atoms with E-state index in [-0.39, 0.29) is 18.1 Å². The molecular weight excluding hydrogens is 346 g/mol. The Kier molecular flexibility index (Phi) is 7.79. The largest absolute Gasteiger partial charge is 0.378 e. The fourth-order valence-electron chi connectivity index (χ4n) is 2.83. The highest BCUT2D eigenvalue weighted by atomic mass is 16.5. The van der Waals surface area contributed by atoms with Gasteiger partial charge in [0.2, 0.25) is 0 Å². The van der Waals surface area contributed by atoms with Crippen LogP contribution in [0.1, 0.15) is 55.5 Å². The van der Waals surface area contributed by atoms with E-state index < -0.39 is 11.8 Å². The van der Waals surface area contributed by atoms with Crippen molar-refractivity contribution in [3.63, 3.8) is 0 Å². The molecular formula is C20H29N3O4. The van der Waals surface area contributed by atoms with Crippen molar-refractivity contribution in [1.29, 1.82) is 0 Å². The van der Waals surface area contributed by atoms with Crippen LogP contribution in [0.4, 0.5) is 5.69 Å². The number of hydrogen-bond acceptors (Lipinski definition) is 4. The molecule has 7 nitrogen and oxygen atoms in total. The Morgan fingerprint density at radius 2 is 2.04 bits per heavy atom. The first kappa shape index (κ1) is 20.9. The second kappa shape index (κ2) is 10.1. The number of anilines is 1. The van der Waals surface area contributed by atoms with Gasteiger partial charge in [-0.05, 0) is 63.3 Å². The summed E-state index contributed by atoms with van der Waals surface area (Å²) in [5, 5.41) is 8.10. The fraction of sp³-hybridized carbons (Fsp3) is 0.550. The van der Waals surface area contributed by atoms with Crippen molar-refractivity contribution >= 4 is 23.4 Å². The molecule has 1 aliphatic rings. The van der Waals surface area contributed by atoms with E-state index in [1.807, 2.05) is 13.8 Å². The summed E-state index contributed by atoms with van der Waals surface area (Å²) >= 11 is 0. The zero-order valence-electron chi connectivity index (χ0n) is 16.3. The van der Waals surface area contributed by atoms with E-state index in [4.69, 9.17) is 4.74 Å². The van der Waals surface area contributed by atoms with Crippen LogP contribution < -0.4 is 16.0 Å². The van der Waals surface area contributed by atoms with Crippen LogP contribution in [0, 0.1) is 6.92 Å². The average molecular weight is 375 g/mol. The quantitative estimate of drug-likeness (QED) is 0.636. The molecule has 0 aliphatic carbocycles. The Morgan fingerprint density at radius 1 is 1.26 bits per heavy atom. The Morgan fingerprint density at radius 3 is 2.67 bits per heavy atom. The molecule has 2 unspecified atom stereocenters. The lowest BCUT2D eigenvalue weighted by atomic mass is 10.1. The molecule has 0 radical (unpaired) electrons. The molecule has 1 saturated heterocycles. The number of hydrogen-bond donors (Lipinski definition) is 3. The predicted molar refractivity (Wildman–Crippen MR) is 104 cm³/mol. The molecule has 1 aromatic carbocycles. The predicted octanol–water partition coefficient (Wildman–Crippen LogP) is 2.15. The summed E-state index contributed by atoms with van der Waals surface area (Å²) in [4.78, 5) is 36.2. The summed E-state index contributed by atoms with van der Waals surface area (Å²) in [7, 11) is 0. The molecule has 7 heteroatoms. The zero-order chi connectivity index (χ0) is 19.8. The smallest absolute Gasteiger partial charge is 0.313 e. The van der Waals surface area contributed by atoms with Gasteiger partial charge >= 0.3 is 11.8 Å². The Hall–Kier alpha value is -2.41. The van der Waals surface area contributed by atoms with E-state index in [1.54, 1.807) is 25.1 Å². The highest BCUT2D eigenvalue weighted by Gasteiger charge is 2.18. The standard InChI is InChI=1S/C20H29N3O4/c1-4-14(3)22-18(24)15-7-8-17(13(2)12-15)23-20(26)19(25)21-10-9-16-6-5-11-27-16/h7-8,12,14,16H,4-6,9-11H2,1-3H3,(H,21,25)(H,22,24)(H,23,26). The molecule has 0 saturated carbocycles. The third-order valence-corrected chi connectivity index (χ3v) is 4.71. The summed E-state index contributed by atoms with van der Waals surface area (Å²) in [6, 6.07) is 5.06. The number of carbonyl (C=O) groups excluding carboxylic acids is 3. The van der Waals surface area contributed by atoms with Gasteiger partial charge in [0.25, 0.3) is 5.91 Å². The maximum atomic E-state index is 12.2. The summed E-state index contributed by atoms with van der Waals surface area (Å²) in [5.41, 5.74) is 1.74. The monoisotopic (exact) mass is 375 g/mol. The van der Waals surface area contributed by atoms with Crippen molar-refractivity contribution in [3.8, 4) is 0 Å². The number of aryl methyl sites for hydroxylation is 1. The topological polar surface area (TPSA) is 96.5 Å². The fourth-order valence-corrected chi connectivity index (χ4v) is 2.83. The zero-order valence-corrected chi connectivity index (χ0v) is 16.3. The Labute approximate surface area is 160 Å². The van der Waals surface area contributed by atoms with Gasteiger partial charge in [-0.3, -0.25) is 14.4 Å². The highest BCUT2D eigenvalue weighted by molar-refractivity contribution is 6.39. The van der Waals surface area contributed by atoms with Crippen molar-refractivity contribution < 1.29 is 19.1 Å². The van der Waals surface area contributed by atoms with Crippen molar-refractivity contribution in [2.45, 2.75) is 58.6 Å². The molecule has 2 rings (SSSR count). The maximum absolute atomic E-state index is 12.2. The van der Waals surface area contributed by atoms with Gasteiger partial charge in [-0.1, -0.05) is 6.92 Å². The van der Waals surface area contributed by atoms with Gasteiger partial charge in [0.15, 0.2) is 0 Å². The molecule has 3 amide bonds. The number of rotatable bonds is 7. The molecule has 1 aromatic rings. The molecule has 2 atom stereocenters. The first-order valence-corrected chi connectivity index (χ1v) is 9.53. The van der Waals surface area contributed by atoms with Gasteiger partial charge < -0.3 is 20.7 Å². The van der Waals surface area contributed by atoms with Crippen LogP contribution in [0.2, 0.25) is 0 Å². The summed E-state index contributed by atoms with van der Waals surface area (Å²) in [6.45, 7) is 6.90. The maximum Gasteiger partial charge on any atom is 0.313 e. The minimum Gasteiger partial charge on any atom is -0.378 e. The molecule has 148 valence electrons. The molecule has 1 aliphatic heterocycles. The minimum absolute atomic E-state index is 0.0931. The van der Waals surface area contributed by atoms with Gasteiger partial charge in [-0.2, -0.15) is 0 Å². The molecule has 0 bridgehead atoms. The van der Waals surface area contributed by atoms with E-state index >= 15 is 0 Å². The molecule has 1 fully saturated rings. The second-order valence-corrected chi connectivity index (χ2v) is 6.95. The number of benzene rings is 1. The van der Waals surface area contributed by atoms with Crippen molar-refractivity contribution in [3.05, 3.63) is 29.3 Å². The van der Waals surface area contributed by atoms with Gasteiger partial charge in [0.1, 0.15) is 0 Å². The van der Waals surface area contributed by atoms with Crippen LogP contribution in [-0.4, -0.2) is 43.0 Å². The molecule has 3 N–H and O–H groups in total. The van der Waals surface area contributed by atoms with Crippen molar-refractivity contribution in [1.82, 2.24) is 10.6 Å². The summed E-state index contributed by atoms with van der Waals surface area (Å²) in [5.74, 6) is -1.55. The van der Waals surface area contributed by atoms with E-state index in [0.717, 1.165) is 25.9 Å². The third-order valence-electron chi connectivity index (χ3n) is 4.71. The van der Waals surface area contributed by atoms with Crippen molar-refractivity contribution in [2.75, 3.05) is 18.5 Å². The van der Waals surface area contributed by atoms with Crippen LogP contribution in [0.3, 0.4) is 0 Å². The summed E-state index contributed by atoms with van der Waals surface area (Å²) in [6.07, 6.45) is 3.77. The first-order chi connectivity index (χ1) is 12.9. The van der Waals surface area contributed by atoms with Gasteiger partial charge in [0, 0.05) is 30.4 Å². The Bertz CT molecular complexity index is 684. The lowest BCUT2D eigenvalue weighted by Gasteiger charge is -2.13. The van der Waals surface area contributed by atoms with E-state index in [9.17, 15) is 14.4 Å². The van der Waals surface area contributed by atoms with Gasteiger partial charge in [-0.15, -0.1) is 0 Å². The van der Waals surface area contributed by atoms with Gasteiger partial charge in [0.05, 0.1) is 6.10 Å². The van der Waals surface area contributed by atoms with Gasteiger partial charge in [-0.25, -0.2) is 0 Å². The molecule has 1 heterocycles.